The maximum absolute atomic E-state index is 15.4. The molecule has 344 valence electrons. The average Bonchev–Trinajstić information content (AvgIpc) is 3.85. The van der Waals surface area contributed by atoms with Crippen LogP contribution >= 0.6 is 22.9 Å². The first kappa shape index (κ1) is 48.2. The van der Waals surface area contributed by atoms with Crippen LogP contribution in [0.25, 0.3) is 10.4 Å². The first-order valence-corrected chi connectivity index (χ1v) is 22.6. The van der Waals surface area contributed by atoms with E-state index >= 15 is 4.79 Å². The van der Waals surface area contributed by atoms with E-state index in [-0.39, 0.29) is 33.6 Å². The monoisotopic (exact) mass is 952 g/mol. The highest BCUT2D eigenvalue weighted by molar-refractivity contribution is 7.15. The third-order valence-electron chi connectivity index (χ3n) is 10.6. The summed E-state index contributed by atoms with van der Waals surface area (Å²) >= 11 is 7.43. The molecule has 0 unspecified atom stereocenters. The number of thiophene rings is 1. The number of aryl methyl sites for hydroxylation is 1. The van der Waals surface area contributed by atoms with Gasteiger partial charge in [-0.2, -0.15) is 0 Å². The number of carbonyl (C=O) groups is 6. The van der Waals surface area contributed by atoms with Crippen molar-refractivity contribution in [1.29, 1.82) is 0 Å². The van der Waals surface area contributed by atoms with Crippen LogP contribution in [0.3, 0.4) is 0 Å². The smallest absolute Gasteiger partial charge is 0.338 e. The molecule has 0 amide bonds. The van der Waals surface area contributed by atoms with Crippen molar-refractivity contribution in [2.45, 2.75) is 37.8 Å². The Morgan fingerprint density at radius 2 is 1.04 bits per heavy atom. The normalized spacial score (nSPS) is 12.6. The number of hydrogen-bond acceptors (Lipinski definition) is 12. The van der Waals surface area contributed by atoms with Gasteiger partial charge in [-0.3, -0.25) is 9.59 Å². The van der Waals surface area contributed by atoms with Crippen LogP contribution in [0.1, 0.15) is 67.8 Å². The zero-order valence-electron chi connectivity index (χ0n) is 36.3. The molecule has 4 atom stereocenters. The maximum atomic E-state index is 15.4. The van der Waals surface area contributed by atoms with Gasteiger partial charge >= 0.3 is 29.8 Å². The molecule has 0 aliphatic rings. The van der Waals surface area contributed by atoms with Crippen molar-refractivity contribution in [2.24, 2.45) is 0 Å². The quantitative estimate of drug-likeness (QED) is 0.0330. The number of esters is 5. The van der Waals surface area contributed by atoms with Gasteiger partial charge in [0.2, 0.25) is 11.9 Å². The number of alkyl halides is 1. The second-order valence-corrected chi connectivity index (χ2v) is 16.7. The molecule has 0 bridgehead atoms. The van der Waals surface area contributed by atoms with Crippen molar-refractivity contribution in [2.75, 3.05) is 12.5 Å². The van der Waals surface area contributed by atoms with Gasteiger partial charge in [0, 0.05) is 21.7 Å². The van der Waals surface area contributed by atoms with Gasteiger partial charge in [0.1, 0.15) is 18.3 Å². The minimum absolute atomic E-state index is 0.00201. The summed E-state index contributed by atoms with van der Waals surface area (Å²) < 4.78 is 43.4. The van der Waals surface area contributed by atoms with E-state index in [0.717, 1.165) is 20.9 Å². The van der Waals surface area contributed by atoms with E-state index < -0.39 is 72.5 Å². The Kier molecular flexibility index (Phi) is 16.4. The fourth-order valence-corrected chi connectivity index (χ4v) is 8.14. The minimum atomic E-state index is -2.13. The van der Waals surface area contributed by atoms with Gasteiger partial charge in [0.05, 0.1) is 22.3 Å². The highest BCUT2D eigenvalue weighted by Crippen LogP contribution is 2.32. The van der Waals surface area contributed by atoms with Crippen LogP contribution in [0, 0.1) is 12.7 Å². The number of carbonyl (C=O) groups excluding carboxylic acids is 6. The van der Waals surface area contributed by atoms with E-state index in [1.165, 1.54) is 78.1 Å². The first-order valence-electron chi connectivity index (χ1n) is 21.2. The maximum Gasteiger partial charge on any atom is 0.338 e. The van der Waals surface area contributed by atoms with E-state index in [1.807, 2.05) is 19.1 Å². The second kappa shape index (κ2) is 23.1. The molecule has 1 aromatic heterocycles. The topological polar surface area (TPSA) is 149 Å². The number of ketones is 1. The molecule has 14 heteroatoms. The Balaban J connectivity index is 1.35. The first-order chi connectivity index (χ1) is 33.0. The predicted octanol–water partition coefficient (Wildman–Crippen LogP) is 10.3. The highest BCUT2D eigenvalue weighted by atomic mass is 35.5. The molecule has 0 radical (unpaired) electrons. The Labute approximate surface area is 400 Å². The van der Waals surface area contributed by atoms with Crippen LogP contribution in [0.15, 0.2) is 176 Å². The van der Waals surface area contributed by atoms with Crippen LogP contribution in [-0.2, 0) is 34.9 Å². The van der Waals surface area contributed by atoms with Gasteiger partial charge in [-0.1, -0.05) is 97.1 Å². The molecule has 11 nitrogen and oxygen atoms in total. The molecule has 0 aliphatic carbocycles. The van der Waals surface area contributed by atoms with Crippen molar-refractivity contribution in [3.8, 4) is 10.4 Å². The standard InChI is InChI=1S/C54H42ClFO11S/c1-34-22-23-40(30-41(34)31-43-28-29-45(68-43)35-24-26-42(56)27-25-35)47(58)49(66-53(61)38-18-10-4-11-19-38)50(67-54(62)39-20-12-5-13-21-39)48(65-52(60)37-16-8-3-9-17-37)44(64-46(57)32-55)33-63-51(59)36-14-6-2-7-15-36/h2-30,44,48-50H,31-33H2,1H3/t44-,48-,49+,50+/m1/s1. The summed E-state index contributed by atoms with van der Waals surface area (Å²) in [4.78, 5) is 86.3. The Hall–Kier alpha value is -7.74. The van der Waals surface area contributed by atoms with Crippen LogP contribution in [-0.4, -0.2) is 72.5 Å². The van der Waals surface area contributed by atoms with Gasteiger partial charge < -0.3 is 23.7 Å². The van der Waals surface area contributed by atoms with Gasteiger partial charge in [0.25, 0.3) is 0 Å². The number of benzene rings is 6. The molecular weight excluding hydrogens is 911 g/mol. The molecule has 0 saturated carbocycles. The molecule has 68 heavy (non-hydrogen) atoms. The molecule has 0 spiro atoms. The molecular formula is C54H42ClFO11S. The highest BCUT2D eigenvalue weighted by Gasteiger charge is 2.48. The summed E-state index contributed by atoms with van der Waals surface area (Å²) in [5.74, 6) is -7.01. The van der Waals surface area contributed by atoms with Crippen molar-refractivity contribution >= 4 is 58.6 Å². The van der Waals surface area contributed by atoms with Gasteiger partial charge in [-0.25, -0.2) is 23.6 Å². The van der Waals surface area contributed by atoms with Crippen molar-refractivity contribution in [3.05, 3.63) is 226 Å². The summed E-state index contributed by atoms with van der Waals surface area (Å²) in [7, 11) is 0. The van der Waals surface area contributed by atoms with Crippen molar-refractivity contribution < 1.29 is 56.8 Å². The van der Waals surface area contributed by atoms with E-state index in [1.54, 1.807) is 97.1 Å². The summed E-state index contributed by atoms with van der Waals surface area (Å²) in [6, 6.07) is 45.7. The van der Waals surface area contributed by atoms with Gasteiger partial charge in [0.15, 0.2) is 18.3 Å². The molecule has 0 saturated heterocycles. The number of Topliss-reactive ketones (excluding diaryl/α,β-unsaturated/α-hetero) is 1. The van der Waals surface area contributed by atoms with Crippen LogP contribution in [0.2, 0.25) is 0 Å². The number of ether oxygens (including phenoxy) is 5. The lowest BCUT2D eigenvalue weighted by Gasteiger charge is -2.35. The zero-order chi connectivity index (χ0) is 48.0. The van der Waals surface area contributed by atoms with Crippen molar-refractivity contribution in [1.82, 2.24) is 0 Å². The Morgan fingerprint density at radius 1 is 0.544 bits per heavy atom. The number of hydrogen-bond donors (Lipinski definition) is 0. The van der Waals surface area contributed by atoms with E-state index in [0.29, 0.717) is 12.0 Å². The summed E-state index contributed by atoms with van der Waals surface area (Å²) in [6.45, 7) is 1.03. The molecule has 0 N–H and O–H groups in total. The summed E-state index contributed by atoms with van der Waals surface area (Å²) in [5, 5.41) is 0. The molecule has 6 aromatic carbocycles. The van der Waals surface area contributed by atoms with Gasteiger partial charge in [-0.05, 0) is 102 Å². The average molecular weight is 953 g/mol. The fourth-order valence-electron chi connectivity index (χ4n) is 7.04. The van der Waals surface area contributed by atoms with E-state index in [2.05, 4.69) is 0 Å². The van der Waals surface area contributed by atoms with E-state index in [9.17, 15) is 28.4 Å². The fraction of sp³-hybridized carbons (Fsp3) is 0.148. The Morgan fingerprint density at radius 3 is 1.57 bits per heavy atom. The predicted molar refractivity (Wildman–Crippen MR) is 252 cm³/mol. The number of halogens is 2. The third kappa shape index (κ3) is 12.6. The largest absolute Gasteiger partial charge is 0.458 e. The number of rotatable bonds is 19. The molecule has 0 fully saturated rings. The molecule has 7 rings (SSSR count). The van der Waals surface area contributed by atoms with Crippen LogP contribution in [0.4, 0.5) is 4.39 Å². The molecule has 0 aliphatic heterocycles. The molecule has 1 heterocycles. The third-order valence-corrected chi connectivity index (χ3v) is 11.9. The lowest BCUT2D eigenvalue weighted by atomic mass is 9.92. The van der Waals surface area contributed by atoms with Crippen LogP contribution in [0.5, 0.6) is 0 Å². The Bertz CT molecular complexity index is 2860. The van der Waals surface area contributed by atoms with Crippen LogP contribution < -0.4 is 0 Å². The van der Waals surface area contributed by atoms with E-state index in [4.69, 9.17) is 35.3 Å². The summed E-state index contributed by atoms with van der Waals surface area (Å²) in [5.41, 5.74) is 2.48. The minimum Gasteiger partial charge on any atom is -0.458 e. The lowest BCUT2D eigenvalue weighted by molar-refractivity contribution is -0.166. The SMILES string of the molecule is Cc1ccc(C(=O)[C@H](OC(=O)c2ccccc2)[C@@H](OC(=O)c2ccccc2)[C@H](OC(=O)c2ccccc2)[C@@H](COC(=O)c2ccccc2)OC(=O)CCl)cc1Cc1ccc(-c2ccc(F)cc2)s1. The second-order valence-electron chi connectivity index (χ2n) is 15.2. The molecule has 7 aromatic rings. The zero-order valence-corrected chi connectivity index (χ0v) is 37.9. The van der Waals surface area contributed by atoms with Gasteiger partial charge in [-0.15, -0.1) is 22.9 Å². The lowest BCUT2D eigenvalue weighted by Crippen LogP contribution is -2.55. The summed E-state index contributed by atoms with van der Waals surface area (Å²) in [6.07, 6.45) is -7.76. The van der Waals surface area contributed by atoms with Crippen molar-refractivity contribution in [3.63, 3.8) is 0 Å².